The molecule has 1 aromatic heterocycles. The first-order chi connectivity index (χ1) is 14.9. The maximum absolute atomic E-state index is 12.1. The number of phenols is 1. The van der Waals surface area contributed by atoms with Gasteiger partial charge in [-0.2, -0.15) is 0 Å². The summed E-state index contributed by atoms with van der Waals surface area (Å²) in [5.41, 5.74) is 0.377. The zero-order chi connectivity index (χ0) is 22.6. The molecule has 0 amide bonds. The standard InChI is InChI=1S/C24H32N2O5/c1-16-10-17(2)15-26(14-16)24(8-9-27,18-6-7-22(31-5)25-13-18)23-20(28)11-19(29-3)12-21(23)30-4/h6-7,9,11-13,16-17,28H,8,10,14-15H2,1-5H3. The van der Waals surface area contributed by atoms with Crippen LogP contribution in [0.15, 0.2) is 30.5 Å². The number of aromatic nitrogens is 1. The number of methoxy groups -OCH3 is 3. The summed E-state index contributed by atoms with van der Waals surface area (Å²) in [6, 6.07) is 6.98. The number of carbonyl (C=O) groups is 1. The molecule has 168 valence electrons. The van der Waals surface area contributed by atoms with Crippen molar-refractivity contribution in [3.05, 3.63) is 41.6 Å². The maximum atomic E-state index is 12.1. The number of hydrogen-bond donors (Lipinski definition) is 1. The monoisotopic (exact) mass is 428 g/mol. The van der Waals surface area contributed by atoms with E-state index in [2.05, 4.69) is 23.7 Å². The van der Waals surface area contributed by atoms with Gasteiger partial charge in [0, 0.05) is 43.9 Å². The average Bonchev–Trinajstić information content (AvgIpc) is 2.76. The van der Waals surface area contributed by atoms with Gasteiger partial charge in [0.2, 0.25) is 5.88 Å². The van der Waals surface area contributed by atoms with E-state index < -0.39 is 5.54 Å². The highest BCUT2D eigenvalue weighted by atomic mass is 16.5. The van der Waals surface area contributed by atoms with E-state index in [9.17, 15) is 9.90 Å². The fourth-order valence-corrected chi connectivity index (χ4v) is 4.95. The molecule has 0 radical (unpaired) electrons. The van der Waals surface area contributed by atoms with Gasteiger partial charge in [0.1, 0.15) is 23.5 Å². The van der Waals surface area contributed by atoms with E-state index in [1.807, 2.05) is 6.07 Å². The summed E-state index contributed by atoms with van der Waals surface area (Å²) in [6.45, 7) is 5.98. The Morgan fingerprint density at radius 2 is 1.84 bits per heavy atom. The van der Waals surface area contributed by atoms with Crippen LogP contribution in [0.3, 0.4) is 0 Å². The lowest BCUT2D eigenvalue weighted by atomic mass is 9.75. The lowest BCUT2D eigenvalue weighted by Crippen LogP contribution is -2.53. The van der Waals surface area contributed by atoms with Gasteiger partial charge in [-0.3, -0.25) is 4.90 Å². The number of aromatic hydroxyl groups is 1. The number of phenolic OH excluding ortho intramolecular Hbond substituents is 1. The first-order valence-electron chi connectivity index (χ1n) is 10.5. The number of carbonyl (C=O) groups excluding carboxylic acids is 1. The predicted octanol–water partition coefficient (Wildman–Crippen LogP) is 3.62. The fraction of sp³-hybridized carbons (Fsp3) is 0.500. The summed E-state index contributed by atoms with van der Waals surface area (Å²) in [6.07, 6.45) is 3.86. The summed E-state index contributed by atoms with van der Waals surface area (Å²) >= 11 is 0. The van der Waals surface area contributed by atoms with E-state index in [1.165, 1.54) is 7.11 Å². The highest BCUT2D eigenvalue weighted by Gasteiger charge is 2.46. The molecule has 1 aromatic carbocycles. The average molecular weight is 429 g/mol. The van der Waals surface area contributed by atoms with Crippen LogP contribution in [0.25, 0.3) is 0 Å². The highest BCUT2D eigenvalue weighted by molar-refractivity contribution is 5.63. The molecular weight excluding hydrogens is 396 g/mol. The highest BCUT2D eigenvalue weighted by Crippen LogP contribution is 2.50. The second kappa shape index (κ2) is 9.56. The summed E-state index contributed by atoms with van der Waals surface area (Å²) in [7, 11) is 4.65. The number of nitrogens with zero attached hydrogens (tertiary/aromatic N) is 2. The molecular formula is C24H32N2O5. The number of aldehydes is 1. The Hall–Kier alpha value is -2.80. The second-order valence-electron chi connectivity index (χ2n) is 8.40. The zero-order valence-corrected chi connectivity index (χ0v) is 18.9. The Morgan fingerprint density at radius 3 is 2.35 bits per heavy atom. The molecule has 1 N–H and O–H groups in total. The van der Waals surface area contributed by atoms with E-state index in [0.29, 0.717) is 34.8 Å². The van der Waals surface area contributed by atoms with Crippen LogP contribution in [0, 0.1) is 11.8 Å². The van der Waals surface area contributed by atoms with Crippen molar-refractivity contribution in [2.24, 2.45) is 11.8 Å². The summed E-state index contributed by atoms with van der Waals surface area (Å²) in [5.74, 6) is 2.31. The molecule has 0 spiro atoms. The summed E-state index contributed by atoms with van der Waals surface area (Å²) < 4.78 is 16.3. The number of pyridine rings is 1. The van der Waals surface area contributed by atoms with Crippen molar-refractivity contribution in [2.75, 3.05) is 34.4 Å². The Morgan fingerprint density at radius 1 is 1.13 bits per heavy atom. The van der Waals surface area contributed by atoms with Crippen molar-refractivity contribution in [3.63, 3.8) is 0 Å². The molecule has 31 heavy (non-hydrogen) atoms. The third-order valence-electron chi connectivity index (χ3n) is 6.13. The van der Waals surface area contributed by atoms with Crippen LogP contribution < -0.4 is 14.2 Å². The minimum atomic E-state index is -0.953. The lowest BCUT2D eigenvalue weighted by molar-refractivity contribution is -0.110. The molecule has 1 saturated heterocycles. The van der Waals surface area contributed by atoms with Gasteiger partial charge in [-0.1, -0.05) is 13.8 Å². The van der Waals surface area contributed by atoms with E-state index in [-0.39, 0.29) is 12.2 Å². The topological polar surface area (TPSA) is 81.1 Å². The number of benzene rings is 1. The van der Waals surface area contributed by atoms with Crippen molar-refractivity contribution < 1.29 is 24.1 Å². The van der Waals surface area contributed by atoms with Crippen molar-refractivity contribution in [2.45, 2.75) is 32.2 Å². The van der Waals surface area contributed by atoms with Gasteiger partial charge in [0.25, 0.3) is 0 Å². The molecule has 3 unspecified atom stereocenters. The normalized spacial score (nSPS) is 21.2. The van der Waals surface area contributed by atoms with E-state index in [4.69, 9.17) is 14.2 Å². The molecule has 1 aliphatic rings. The van der Waals surface area contributed by atoms with Crippen LogP contribution >= 0.6 is 0 Å². The molecule has 1 aliphatic heterocycles. The summed E-state index contributed by atoms with van der Waals surface area (Å²) in [5, 5.41) is 11.2. The van der Waals surface area contributed by atoms with E-state index in [0.717, 1.165) is 31.4 Å². The van der Waals surface area contributed by atoms with Gasteiger partial charge in [0.15, 0.2) is 0 Å². The van der Waals surface area contributed by atoms with Gasteiger partial charge in [-0.05, 0) is 29.9 Å². The first kappa shape index (κ1) is 22.9. The number of rotatable bonds is 8. The Kier molecular flexibility index (Phi) is 7.05. The Balaban J connectivity index is 2.33. The second-order valence-corrected chi connectivity index (χ2v) is 8.40. The predicted molar refractivity (Wildman–Crippen MR) is 118 cm³/mol. The minimum absolute atomic E-state index is 0.0137. The molecule has 0 aliphatic carbocycles. The molecule has 0 saturated carbocycles. The maximum Gasteiger partial charge on any atom is 0.212 e. The molecule has 1 fully saturated rings. The van der Waals surface area contributed by atoms with Gasteiger partial charge in [0.05, 0.1) is 32.4 Å². The first-order valence-corrected chi connectivity index (χ1v) is 10.5. The van der Waals surface area contributed by atoms with Gasteiger partial charge in [-0.25, -0.2) is 4.98 Å². The van der Waals surface area contributed by atoms with Crippen LogP contribution in [-0.2, 0) is 10.3 Å². The Labute approximate surface area is 184 Å². The van der Waals surface area contributed by atoms with Crippen LogP contribution in [0.2, 0.25) is 0 Å². The lowest BCUT2D eigenvalue weighted by Gasteiger charge is -2.49. The van der Waals surface area contributed by atoms with Gasteiger partial charge in [-0.15, -0.1) is 0 Å². The van der Waals surface area contributed by atoms with Crippen molar-refractivity contribution in [1.82, 2.24) is 9.88 Å². The zero-order valence-electron chi connectivity index (χ0n) is 18.9. The molecule has 2 aromatic rings. The Bertz CT molecular complexity index is 892. The van der Waals surface area contributed by atoms with Crippen LogP contribution in [0.5, 0.6) is 23.1 Å². The van der Waals surface area contributed by atoms with Crippen LogP contribution in [0.1, 0.15) is 37.8 Å². The third kappa shape index (κ3) is 4.32. The smallest absolute Gasteiger partial charge is 0.212 e. The van der Waals surface area contributed by atoms with Crippen LogP contribution in [-0.4, -0.2) is 55.7 Å². The van der Waals surface area contributed by atoms with Crippen molar-refractivity contribution in [1.29, 1.82) is 0 Å². The molecule has 2 heterocycles. The van der Waals surface area contributed by atoms with Crippen molar-refractivity contribution in [3.8, 4) is 23.1 Å². The molecule has 3 rings (SSSR count). The molecule has 3 atom stereocenters. The minimum Gasteiger partial charge on any atom is -0.507 e. The molecule has 7 heteroatoms. The number of likely N-dealkylation sites (tertiary alicyclic amines) is 1. The SMILES string of the molecule is COc1cc(O)c(C(CC=O)(c2ccc(OC)nc2)N2CC(C)CC(C)C2)c(OC)c1. The van der Waals surface area contributed by atoms with Gasteiger partial charge < -0.3 is 24.1 Å². The number of ether oxygens (including phenoxy) is 3. The molecule has 7 nitrogen and oxygen atoms in total. The van der Waals surface area contributed by atoms with E-state index in [1.54, 1.807) is 38.6 Å². The van der Waals surface area contributed by atoms with Crippen molar-refractivity contribution >= 4 is 6.29 Å². The summed E-state index contributed by atoms with van der Waals surface area (Å²) in [4.78, 5) is 18.8. The quantitative estimate of drug-likeness (QED) is 0.643. The number of hydrogen-bond acceptors (Lipinski definition) is 7. The number of piperidine rings is 1. The fourth-order valence-electron chi connectivity index (χ4n) is 4.95. The molecule has 0 bridgehead atoms. The van der Waals surface area contributed by atoms with Crippen LogP contribution in [0.4, 0.5) is 0 Å². The largest absolute Gasteiger partial charge is 0.507 e. The third-order valence-corrected chi connectivity index (χ3v) is 6.13. The van der Waals surface area contributed by atoms with Gasteiger partial charge >= 0.3 is 0 Å². The van der Waals surface area contributed by atoms with E-state index >= 15 is 0 Å².